The van der Waals surface area contributed by atoms with Crippen LogP contribution in [0.4, 0.5) is 11.4 Å². The average Bonchev–Trinajstić information content (AvgIpc) is 2.39. The van der Waals surface area contributed by atoms with Gasteiger partial charge >= 0.3 is 0 Å². The first-order valence-corrected chi connectivity index (χ1v) is 7.29. The normalized spacial score (nSPS) is 10.2. The van der Waals surface area contributed by atoms with E-state index < -0.39 is 0 Å². The molecule has 0 saturated heterocycles. The van der Waals surface area contributed by atoms with Crippen molar-refractivity contribution in [1.29, 1.82) is 0 Å². The van der Waals surface area contributed by atoms with Crippen molar-refractivity contribution in [2.24, 2.45) is 0 Å². The highest BCUT2D eigenvalue weighted by Gasteiger charge is 2.09. The Morgan fingerprint density at radius 3 is 2.60 bits per heavy atom. The Labute approximate surface area is 133 Å². The Morgan fingerprint density at radius 1 is 1.20 bits per heavy atom. The Kier molecular flexibility index (Phi) is 4.67. The summed E-state index contributed by atoms with van der Waals surface area (Å²) in [7, 11) is 1.57. The van der Waals surface area contributed by atoms with Crippen LogP contribution >= 0.6 is 31.9 Å². The Morgan fingerprint density at radius 2 is 1.95 bits per heavy atom. The highest BCUT2D eigenvalue weighted by molar-refractivity contribution is 9.10. The second-order valence-electron chi connectivity index (χ2n) is 4.08. The molecule has 104 valence electrons. The molecule has 3 N–H and O–H groups in total. The van der Waals surface area contributed by atoms with E-state index in [1.54, 1.807) is 37.4 Å². The lowest BCUT2D eigenvalue weighted by molar-refractivity contribution is 0.102. The van der Waals surface area contributed by atoms with Crippen molar-refractivity contribution in [3.8, 4) is 5.75 Å². The molecule has 0 aliphatic carbocycles. The fraction of sp³-hybridized carbons (Fsp3) is 0.0714. The van der Waals surface area contributed by atoms with Crippen LogP contribution in [0.25, 0.3) is 0 Å². The number of benzene rings is 2. The molecule has 0 saturated carbocycles. The maximum atomic E-state index is 12.2. The zero-order valence-corrected chi connectivity index (χ0v) is 13.8. The average molecular weight is 400 g/mol. The van der Waals surface area contributed by atoms with E-state index >= 15 is 0 Å². The predicted octanol–water partition coefficient (Wildman–Crippen LogP) is 4.05. The molecule has 20 heavy (non-hydrogen) atoms. The minimum absolute atomic E-state index is 0.234. The van der Waals surface area contributed by atoms with Gasteiger partial charge in [0.15, 0.2) is 0 Å². The molecular weight excluding hydrogens is 388 g/mol. The number of amides is 1. The maximum absolute atomic E-state index is 12.2. The summed E-state index contributed by atoms with van der Waals surface area (Å²) in [5, 5.41) is 2.80. The molecule has 0 unspecified atom stereocenters. The third kappa shape index (κ3) is 3.52. The summed E-state index contributed by atoms with van der Waals surface area (Å²) in [6.45, 7) is 0. The van der Waals surface area contributed by atoms with E-state index in [4.69, 9.17) is 10.5 Å². The number of nitrogen functional groups attached to an aromatic ring is 1. The number of nitrogens with two attached hydrogens (primary N) is 1. The van der Waals surface area contributed by atoms with Crippen molar-refractivity contribution >= 4 is 49.1 Å². The Hall–Kier alpha value is -1.53. The van der Waals surface area contributed by atoms with E-state index in [1.165, 1.54) is 0 Å². The van der Waals surface area contributed by atoms with Crippen molar-refractivity contribution in [1.82, 2.24) is 0 Å². The fourth-order valence-electron chi connectivity index (χ4n) is 1.68. The van der Waals surface area contributed by atoms with Crippen molar-refractivity contribution in [2.45, 2.75) is 0 Å². The zero-order chi connectivity index (χ0) is 14.7. The summed E-state index contributed by atoms with van der Waals surface area (Å²) >= 11 is 6.67. The zero-order valence-electron chi connectivity index (χ0n) is 10.6. The van der Waals surface area contributed by atoms with Gasteiger partial charge in [0.1, 0.15) is 5.75 Å². The SMILES string of the molecule is COc1cc(NC(=O)c2cc(N)cc(Br)c2)ccc1Br. The van der Waals surface area contributed by atoms with Crippen LogP contribution in [-0.2, 0) is 0 Å². The van der Waals surface area contributed by atoms with E-state index in [-0.39, 0.29) is 5.91 Å². The molecule has 6 heteroatoms. The lowest BCUT2D eigenvalue weighted by atomic mass is 10.2. The van der Waals surface area contributed by atoms with Gasteiger partial charge in [-0.25, -0.2) is 0 Å². The molecule has 0 aliphatic rings. The molecule has 4 nitrogen and oxygen atoms in total. The molecule has 0 spiro atoms. The molecule has 2 aromatic carbocycles. The highest BCUT2D eigenvalue weighted by atomic mass is 79.9. The van der Waals surface area contributed by atoms with Gasteiger partial charge in [0.05, 0.1) is 11.6 Å². The number of anilines is 2. The van der Waals surface area contributed by atoms with Crippen LogP contribution in [0.3, 0.4) is 0 Å². The monoisotopic (exact) mass is 398 g/mol. The van der Waals surface area contributed by atoms with Crippen molar-refractivity contribution in [2.75, 3.05) is 18.2 Å². The van der Waals surface area contributed by atoms with Crippen LogP contribution in [0.15, 0.2) is 45.3 Å². The highest BCUT2D eigenvalue weighted by Crippen LogP contribution is 2.28. The van der Waals surface area contributed by atoms with Crippen LogP contribution < -0.4 is 15.8 Å². The topological polar surface area (TPSA) is 64.3 Å². The second kappa shape index (κ2) is 6.28. The maximum Gasteiger partial charge on any atom is 0.255 e. The summed E-state index contributed by atoms with van der Waals surface area (Å²) in [6, 6.07) is 10.4. The Balaban J connectivity index is 2.23. The lowest BCUT2D eigenvalue weighted by Gasteiger charge is -2.09. The number of methoxy groups -OCH3 is 1. The number of carbonyl (C=O) groups excluding carboxylic acids is 1. The summed E-state index contributed by atoms with van der Waals surface area (Å²) < 4.78 is 6.77. The molecule has 2 aromatic rings. The molecule has 0 bridgehead atoms. The number of rotatable bonds is 3. The van der Waals surface area contributed by atoms with Gasteiger partial charge in [-0.3, -0.25) is 4.79 Å². The largest absolute Gasteiger partial charge is 0.495 e. The van der Waals surface area contributed by atoms with Gasteiger partial charge in [0, 0.05) is 27.5 Å². The molecule has 0 aliphatic heterocycles. The fourth-order valence-corrected chi connectivity index (χ4v) is 2.60. The van der Waals surface area contributed by atoms with Crippen LogP contribution in [0.1, 0.15) is 10.4 Å². The van der Waals surface area contributed by atoms with Crippen LogP contribution in [0.2, 0.25) is 0 Å². The summed E-state index contributed by atoms with van der Waals surface area (Å²) in [5.74, 6) is 0.416. The number of ether oxygens (including phenoxy) is 1. The molecular formula is C14H12Br2N2O2. The molecule has 0 fully saturated rings. The van der Waals surface area contributed by atoms with Gasteiger partial charge in [-0.05, 0) is 46.3 Å². The first-order chi connectivity index (χ1) is 9.49. The van der Waals surface area contributed by atoms with Gasteiger partial charge in [0.25, 0.3) is 5.91 Å². The van der Waals surface area contributed by atoms with Crippen molar-refractivity contribution in [3.63, 3.8) is 0 Å². The van der Waals surface area contributed by atoms with E-state index in [0.717, 1.165) is 8.95 Å². The third-order valence-corrected chi connectivity index (χ3v) is 3.70. The minimum atomic E-state index is -0.234. The van der Waals surface area contributed by atoms with Gasteiger partial charge in [0.2, 0.25) is 0 Å². The Bertz CT molecular complexity index is 639. The summed E-state index contributed by atoms with van der Waals surface area (Å²) in [4.78, 5) is 12.2. The van der Waals surface area contributed by atoms with Crippen LogP contribution in [0.5, 0.6) is 5.75 Å². The van der Waals surface area contributed by atoms with Crippen molar-refractivity contribution < 1.29 is 9.53 Å². The number of carbonyl (C=O) groups is 1. The smallest absolute Gasteiger partial charge is 0.255 e. The van der Waals surface area contributed by atoms with Gasteiger partial charge in [-0.2, -0.15) is 0 Å². The molecule has 0 heterocycles. The van der Waals surface area contributed by atoms with E-state index in [1.807, 2.05) is 6.07 Å². The number of hydrogen-bond acceptors (Lipinski definition) is 3. The van der Waals surface area contributed by atoms with E-state index in [2.05, 4.69) is 37.2 Å². The molecule has 1 amide bonds. The second-order valence-corrected chi connectivity index (χ2v) is 5.85. The molecule has 2 rings (SSSR count). The number of halogens is 2. The lowest BCUT2D eigenvalue weighted by Crippen LogP contribution is -2.12. The molecule has 0 aromatic heterocycles. The predicted molar refractivity (Wildman–Crippen MR) is 87.2 cm³/mol. The quantitative estimate of drug-likeness (QED) is 0.765. The first kappa shape index (κ1) is 14.9. The number of hydrogen-bond donors (Lipinski definition) is 2. The number of nitrogens with one attached hydrogen (secondary N) is 1. The summed E-state index contributed by atoms with van der Waals surface area (Å²) in [6.07, 6.45) is 0. The van der Waals surface area contributed by atoms with Crippen LogP contribution in [-0.4, -0.2) is 13.0 Å². The standard InChI is InChI=1S/C14H12Br2N2O2/c1-20-13-7-11(2-3-12(13)16)18-14(19)8-4-9(15)6-10(17)5-8/h2-7H,17H2,1H3,(H,18,19). The molecule has 0 radical (unpaired) electrons. The van der Waals surface area contributed by atoms with Crippen LogP contribution in [0, 0.1) is 0 Å². The molecule has 0 atom stereocenters. The van der Waals surface area contributed by atoms with Crippen molar-refractivity contribution in [3.05, 3.63) is 50.9 Å². The first-order valence-electron chi connectivity index (χ1n) is 5.70. The summed E-state index contributed by atoms with van der Waals surface area (Å²) in [5.41, 5.74) is 7.38. The minimum Gasteiger partial charge on any atom is -0.495 e. The van der Waals surface area contributed by atoms with Gasteiger partial charge in [-0.15, -0.1) is 0 Å². The third-order valence-electron chi connectivity index (χ3n) is 2.59. The van der Waals surface area contributed by atoms with Gasteiger partial charge in [-0.1, -0.05) is 15.9 Å². The van der Waals surface area contributed by atoms with E-state index in [0.29, 0.717) is 22.7 Å². The van der Waals surface area contributed by atoms with E-state index in [9.17, 15) is 4.79 Å². The van der Waals surface area contributed by atoms with Gasteiger partial charge < -0.3 is 15.8 Å².